The van der Waals surface area contributed by atoms with E-state index in [9.17, 15) is 18.6 Å². The lowest BCUT2D eigenvalue weighted by atomic mass is 10.2. The molecule has 0 aliphatic carbocycles. The zero-order chi connectivity index (χ0) is 13.9. The fourth-order valence-corrected chi connectivity index (χ4v) is 2.59. The van der Waals surface area contributed by atoms with E-state index in [2.05, 4.69) is 0 Å². The molecule has 2 aromatic carbocycles. The molecule has 5 nitrogen and oxygen atoms in total. The van der Waals surface area contributed by atoms with Gasteiger partial charge in [0, 0.05) is 0 Å². The predicted octanol–water partition coefficient (Wildman–Crippen LogP) is 2.01. The SMILES string of the molecule is O=S(=O)(Cc1ccccc1)Oc1cccc(O)c1O. The van der Waals surface area contributed by atoms with Crippen LogP contribution < -0.4 is 4.18 Å². The molecule has 0 amide bonds. The summed E-state index contributed by atoms with van der Waals surface area (Å²) in [5.74, 6) is -1.65. The first-order valence-electron chi connectivity index (χ1n) is 5.45. The largest absolute Gasteiger partial charge is 0.504 e. The Kier molecular flexibility index (Phi) is 3.62. The van der Waals surface area contributed by atoms with Gasteiger partial charge in [0.2, 0.25) is 5.75 Å². The molecule has 0 aliphatic heterocycles. The smallest absolute Gasteiger partial charge is 0.313 e. The number of rotatable bonds is 4. The van der Waals surface area contributed by atoms with Gasteiger partial charge in [-0.25, -0.2) is 0 Å². The predicted molar refractivity (Wildman–Crippen MR) is 69.5 cm³/mol. The molecule has 0 saturated heterocycles. The van der Waals surface area contributed by atoms with Crippen molar-refractivity contribution in [2.24, 2.45) is 0 Å². The van der Waals surface area contributed by atoms with Crippen molar-refractivity contribution in [3.8, 4) is 17.2 Å². The number of hydrogen-bond acceptors (Lipinski definition) is 5. The van der Waals surface area contributed by atoms with E-state index in [4.69, 9.17) is 4.18 Å². The van der Waals surface area contributed by atoms with Crippen molar-refractivity contribution in [3.63, 3.8) is 0 Å². The van der Waals surface area contributed by atoms with E-state index in [1.165, 1.54) is 18.2 Å². The summed E-state index contributed by atoms with van der Waals surface area (Å²) in [5, 5.41) is 18.7. The second-order valence-corrected chi connectivity index (χ2v) is 5.47. The van der Waals surface area contributed by atoms with Gasteiger partial charge in [-0.1, -0.05) is 36.4 Å². The minimum absolute atomic E-state index is 0.295. The lowest BCUT2D eigenvalue weighted by molar-refractivity contribution is 0.383. The van der Waals surface area contributed by atoms with Gasteiger partial charge in [-0.2, -0.15) is 8.42 Å². The Hall–Kier alpha value is -2.21. The van der Waals surface area contributed by atoms with Crippen molar-refractivity contribution in [3.05, 3.63) is 54.1 Å². The van der Waals surface area contributed by atoms with E-state index in [-0.39, 0.29) is 11.5 Å². The maximum absolute atomic E-state index is 11.8. The first-order valence-corrected chi connectivity index (χ1v) is 7.03. The van der Waals surface area contributed by atoms with Crippen molar-refractivity contribution in [1.82, 2.24) is 0 Å². The fourth-order valence-electron chi connectivity index (χ4n) is 1.52. The maximum Gasteiger partial charge on any atom is 0.313 e. The zero-order valence-corrected chi connectivity index (χ0v) is 10.7. The van der Waals surface area contributed by atoms with Gasteiger partial charge in [-0.05, 0) is 17.7 Å². The summed E-state index contributed by atoms with van der Waals surface area (Å²) in [7, 11) is -3.90. The molecule has 2 N–H and O–H groups in total. The Balaban J connectivity index is 2.20. The van der Waals surface area contributed by atoms with E-state index in [0.717, 1.165) is 0 Å². The Morgan fingerprint density at radius 3 is 2.32 bits per heavy atom. The third-order valence-corrected chi connectivity index (χ3v) is 3.50. The molecule has 2 aromatic rings. The van der Waals surface area contributed by atoms with E-state index >= 15 is 0 Å². The minimum atomic E-state index is -3.90. The van der Waals surface area contributed by atoms with Gasteiger partial charge in [0.15, 0.2) is 11.5 Å². The van der Waals surface area contributed by atoms with Crippen LogP contribution in [0.15, 0.2) is 48.5 Å². The molecule has 2 rings (SSSR count). The van der Waals surface area contributed by atoms with Gasteiger partial charge in [0.1, 0.15) is 5.75 Å². The Labute approximate surface area is 110 Å². The monoisotopic (exact) mass is 280 g/mol. The van der Waals surface area contributed by atoms with Crippen LogP contribution in [0.3, 0.4) is 0 Å². The fraction of sp³-hybridized carbons (Fsp3) is 0.0769. The van der Waals surface area contributed by atoms with Gasteiger partial charge < -0.3 is 14.4 Å². The van der Waals surface area contributed by atoms with Crippen LogP contribution in [0.4, 0.5) is 0 Å². The number of aromatic hydroxyl groups is 2. The third kappa shape index (κ3) is 3.38. The molecule has 19 heavy (non-hydrogen) atoms. The number of phenols is 2. The van der Waals surface area contributed by atoms with E-state index in [1.54, 1.807) is 30.3 Å². The Morgan fingerprint density at radius 1 is 0.947 bits per heavy atom. The number of phenolic OH excluding ortho intramolecular Hbond substituents is 2. The molecule has 0 bridgehead atoms. The van der Waals surface area contributed by atoms with Gasteiger partial charge in [0.05, 0.1) is 0 Å². The average molecular weight is 280 g/mol. The Morgan fingerprint density at radius 2 is 1.63 bits per heavy atom. The molecule has 0 aliphatic rings. The van der Waals surface area contributed by atoms with Crippen molar-refractivity contribution in [2.45, 2.75) is 5.75 Å². The molecule has 0 heterocycles. The second kappa shape index (κ2) is 5.19. The second-order valence-electron chi connectivity index (χ2n) is 3.89. The van der Waals surface area contributed by atoms with Crippen LogP contribution >= 0.6 is 0 Å². The van der Waals surface area contributed by atoms with Gasteiger partial charge in [0.25, 0.3) is 0 Å². The van der Waals surface area contributed by atoms with Gasteiger partial charge in [-0.15, -0.1) is 0 Å². The molecular weight excluding hydrogens is 268 g/mol. The number of benzene rings is 2. The standard InChI is InChI=1S/C13H12O5S/c14-11-7-4-8-12(13(11)15)18-19(16,17)9-10-5-2-1-3-6-10/h1-8,14-15H,9H2. The summed E-state index contributed by atoms with van der Waals surface area (Å²) in [6.45, 7) is 0. The van der Waals surface area contributed by atoms with Crippen LogP contribution in [0.5, 0.6) is 17.2 Å². The molecular formula is C13H12O5S. The van der Waals surface area contributed by atoms with Crippen LogP contribution in [-0.4, -0.2) is 18.6 Å². The molecule has 0 spiro atoms. The van der Waals surface area contributed by atoms with Crippen molar-refractivity contribution in [2.75, 3.05) is 0 Å². The molecule has 6 heteroatoms. The first kappa shape index (κ1) is 13.2. The zero-order valence-electron chi connectivity index (χ0n) is 9.85. The van der Waals surface area contributed by atoms with Crippen molar-refractivity contribution in [1.29, 1.82) is 0 Å². The molecule has 0 saturated carbocycles. The van der Waals surface area contributed by atoms with Crippen LogP contribution in [-0.2, 0) is 15.9 Å². The van der Waals surface area contributed by atoms with Crippen LogP contribution in [0.25, 0.3) is 0 Å². The molecule has 0 fully saturated rings. The quantitative estimate of drug-likeness (QED) is 0.661. The summed E-state index contributed by atoms with van der Waals surface area (Å²) in [6, 6.07) is 12.4. The summed E-state index contributed by atoms with van der Waals surface area (Å²) >= 11 is 0. The number of para-hydroxylation sites is 1. The van der Waals surface area contributed by atoms with Crippen molar-refractivity contribution >= 4 is 10.1 Å². The summed E-state index contributed by atoms with van der Waals surface area (Å²) < 4.78 is 28.4. The highest BCUT2D eigenvalue weighted by Crippen LogP contribution is 2.35. The highest BCUT2D eigenvalue weighted by molar-refractivity contribution is 7.86. The summed E-state index contributed by atoms with van der Waals surface area (Å²) in [4.78, 5) is 0. The normalized spacial score (nSPS) is 11.2. The van der Waals surface area contributed by atoms with E-state index in [0.29, 0.717) is 5.56 Å². The molecule has 0 radical (unpaired) electrons. The Bertz CT molecular complexity index is 665. The van der Waals surface area contributed by atoms with Gasteiger partial charge in [-0.3, -0.25) is 0 Å². The van der Waals surface area contributed by atoms with Crippen molar-refractivity contribution < 1.29 is 22.8 Å². The maximum atomic E-state index is 11.8. The number of hydrogen-bond donors (Lipinski definition) is 2. The molecule has 0 aromatic heterocycles. The van der Waals surface area contributed by atoms with Gasteiger partial charge >= 0.3 is 10.1 Å². The first-order chi connectivity index (χ1) is 8.98. The molecule has 0 unspecified atom stereocenters. The molecule has 0 atom stereocenters. The average Bonchev–Trinajstić information content (AvgIpc) is 2.35. The van der Waals surface area contributed by atoms with Crippen LogP contribution in [0.2, 0.25) is 0 Å². The lowest BCUT2D eigenvalue weighted by Gasteiger charge is -2.09. The summed E-state index contributed by atoms with van der Waals surface area (Å²) in [5.41, 5.74) is 0.571. The summed E-state index contributed by atoms with van der Waals surface area (Å²) in [6.07, 6.45) is 0. The highest BCUT2D eigenvalue weighted by Gasteiger charge is 2.17. The molecule has 100 valence electrons. The van der Waals surface area contributed by atoms with E-state index < -0.39 is 21.6 Å². The topological polar surface area (TPSA) is 83.8 Å². The highest BCUT2D eigenvalue weighted by atomic mass is 32.2. The van der Waals surface area contributed by atoms with Crippen LogP contribution in [0, 0.1) is 0 Å². The van der Waals surface area contributed by atoms with Crippen LogP contribution in [0.1, 0.15) is 5.56 Å². The van der Waals surface area contributed by atoms with E-state index in [1.807, 2.05) is 0 Å². The lowest BCUT2D eigenvalue weighted by Crippen LogP contribution is -2.12. The third-order valence-electron chi connectivity index (χ3n) is 2.38. The minimum Gasteiger partial charge on any atom is -0.504 e.